The number of benzene rings is 5. The molecule has 0 saturated carbocycles. The van der Waals surface area contributed by atoms with E-state index in [1.165, 1.54) is 67.0 Å². The minimum Gasteiger partial charge on any atom is -0.201 e. The summed E-state index contributed by atoms with van der Waals surface area (Å²) in [5, 5.41) is 0. The first kappa shape index (κ1) is 62.1. The molecule has 5 nitrogen and oxygen atoms in total. The highest BCUT2D eigenvalue weighted by Gasteiger charge is 2.25. The Bertz CT molecular complexity index is 4910. The van der Waals surface area contributed by atoms with Crippen LogP contribution in [0.15, 0.2) is 164 Å². The van der Waals surface area contributed by atoms with Crippen LogP contribution < -0.4 is 22.8 Å². The van der Waals surface area contributed by atoms with Crippen LogP contribution in [0.3, 0.4) is 0 Å². The first-order valence-electron chi connectivity index (χ1n) is 40.9. The second kappa shape index (κ2) is 35.1. The molecule has 98 heavy (non-hydrogen) atoms. The fourth-order valence-electron chi connectivity index (χ4n) is 13.1. The lowest BCUT2D eigenvalue weighted by Gasteiger charge is -2.16. The largest absolute Gasteiger partial charge is 0.212 e. The fourth-order valence-corrected chi connectivity index (χ4v) is 13.1. The minimum absolute atomic E-state index is 0.325. The van der Waals surface area contributed by atoms with Gasteiger partial charge in [0.1, 0.15) is 35.2 Å². The molecule has 0 aliphatic rings. The average molecular weight is 1330 g/mol. The maximum absolute atomic E-state index is 8.53. The molecule has 5 heteroatoms. The van der Waals surface area contributed by atoms with Gasteiger partial charge in [0.15, 0.2) is 31.0 Å². The van der Waals surface area contributed by atoms with Crippen LogP contribution in [0.1, 0.15) is 262 Å². The molecular formula is C93H126N5+5. The Morgan fingerprint density at radius 1 is 0.296 bits per heavy atom. The molecule has 0 bridgehead atoms. The van der Waals surface area contributed by atoms with E-state index in [0.29, 0.717) is 34.4 Å². The van der Waals surface area contributed by atoms with E-state index in [9.17, 15) is 0 Å². The van der Waals surface area contributed by atoms with Crippen LogP contribution in [0.5, 0.6) is 0 Å². The van der Waals surface area contributed by atoms with Crippen molar-refractivity contribution >= 4 is 0 Å². The lowest BCUT2D eigenvalue weighted by molar-refractivity contribution is -0.661. The number of hydrogen-bond donors (Lipinski definition) is 0. The van der Waals surface area contributed by atoms with E-state index >= 15 is 0 Å². The maximum Gasteiger partial charge on any atom is 0.212 e. The second-order valence-corrected chi connectivity index (χ2v) is 28.9. The summed E-state index contributed by atoms with van der Waals surface area (Å²) < 4.78 is 106. The molecule has 0 saturated heterocycles. The first-order valence-corrected chi connectivity index (χ1v) is 34.9. The van der Waals surface area contributed by atoms with E-state index in [0.717, 1.165) is 72.7 Å². The van der Waals surface area contributed by atoms with E-state index in [4.69, 9.17) is 16.4 Å². The Labute approximate surface area is 613 Å². The van der Waals surface area contributed by atoms with E-state index in [1.54, 1.807) is 45.0 Å². The number of hydrogen-bond acceptors (Lipinski definition) is 0. The van der Waals surface area contributed by atoms with Crippen molar-refractivity contribution < 1.29 is 39.3 Å². The van der Waals surface area contributed by atoms with Crippen molar-refractivity contribution in [1.29, 1.82) is 0 Å². The number of nitrogens with zero attached hydrogens (tertiary/aromatic N) is 5. The molecule has 10 rings (SSSR count). The number of aromatic nitrogens is 5. The second-order valence-electron chi connectivity index (χ2n) is 28.9. The fraction of sp³-hybridized carbons (Fsp3) is 0.409. The molecular weight excluding hydrogens is 1190 g/mol. The van der Waals surface area contributed by atoms with Gasteiger partial charge in [-0.2, -0.15) is 0 Å². The first-order chi connectivity index (χ1) is 50.4. The van der Waals surface area contributed by atoms with Crippen LogP contribution in [0.2, 0.25) is 0 Å². The molecule has 0 atom stereocenters. The summed E-state index contributed by atoms with van der Waals surface area (Å²) in [6.07, 6.45) is 8.85. The van der Waals surface area contributed by atoms with Gasteiger partial charge in [-0.15, -0.1) is 0 Å². The van der Waals surface area contributed by atoms with Gasteiger partial charge in [-0.1, -0.05) is 193 Å². The molecule has 0 N–H and O–H groups in total. The summed E-state index contributed by atoms with van der Waals surface area (Å²) in [6.45, 7) is 42.3. The van der Waals surface area contributed by atoms with Crippen LogP contribution in [0, 0.1) is 69.1 Å². The van der Waals surface area contributed by atoms with Crippen molar-refractivity contribution in [2.75, 3.05) is 0 Å². The van der Waals surface area contributed by atoms with E-state index < -0.39 is 43.7 Å². The molecule has 518 valence electrons. The lowest BCUT2D eigenvalue weighted by Crippen LogP contribution is -2.32. The highest BCUT2D eigenvalue weighted by Crippen LogP contribution is 2.34. The highest BCUT2D eigenvalue weighted by molar-refractivity contribution is 5.66. The Kier molecular flexibility index (Phi) is 22.2. The van der Waals surface area contributed by atoms with Gasteiger partial charge < -0.3 is 0 Å². The molecule has 10 aromatic rings. The Balaban J connectivity index is 0.000000216. The summed E-state index contributed by atoms with van der Waals surface area (Å²) in [5.74, 6) is -1.49. The van der Waals surface area contributed by atoms with E-state index in [-0.39, 0.29) is 0 Å². The van der Waals surface area contributed by atoms with Crippen LogP contribution in [-0.2, 0) is 41.6 Å². The molecule has 0 aliphatic heterocycles. The predicted octanol–water partition coefficient (Wildman–Crippen LogP) is 22.4. The lowest BCUT2D eigenvalue weighted by atomic mass is 9.90. The Hall–Kier alpha value is -8.15. The van der Waals surface area contributed by atoms with Gasteiger partial charge in [0, 0.05) is 102 Å². The van der Waals surface area contributed by atoms with Gasteiger partial charge in [-0.3, -0.25) is 0 Å². The predicted molar refractivity (Wildman–Crippen MR) is 421 cm³/mol. The third-order valence-corrected chi connectivity index (χ3v) is 18.7. The molecule has 0 fully saturated rings. The van der Waals surface area contributed by atoms with Crippen LogP contribution in [0.4, 0.5) is 0 Å². The molecule has 0 amide bonds. The maximum atomic E-state index is 8.53. The van der Waals surface area contributed by atoms with Crippen molar-refractivity contribution in [3.63, 3.8) is 0 Å². The molecule has 0 aliphatic carbocycles. The van der Waals surface area contributed by atoms with E-state index in [1.807, 2.05) is 152 Å². The van der Waals surface area contributed by atoms with E-state index in [2.05, 4.69) is 185 Å². The third kappa shape index (κ3) is 19.8. The van der Waals surface area contributed by atoms with Gasteiger partial charge >= 0.3 is 0 Å². The smallest absolute Gasteiger partial charge is 0.201 e. The zero-order valence-corrected chi connectivity index (χ0v) is 65.1. The summed E-state index contributed by atoms with van der Waals surface area (Å²) in [4.78, 5) is 0. The van der Waals surface area contributed by atoms with Crippen molar-refractivity contribution in [1.82, 2.24) is 0 Å². The van der Waals surface area contributed by atoms with Gasteiger partial charge in [0.2, 0.25) is 28.5 Å². The molecule has 5 aromatic heterocycles. The number of pyridine rings is 5. The van der Waals surface area contributed by atoms with Crippen molar-refractivity contribution in [3.05, 3.63) is 265 Å². The van der Waals surface area contributed by atoms with Crippen molar-refractivity contribution in [3.8, 4) is 56.3 Å². The molecule has 5 aromatic carbocycles. The SMILES string of the molecule is Cc1ccc(-c2cc(C)c(C(C)C)c[n+]2C)c(C)c1.Cc1ccccc1-c1cc(C(C)C)c(C(C)C)c[n+]1C.[2H]C([2H])(C)c1c[n+](C)c(-c2ccccc2C)cc1C([2H])(C)C.[2H]C([2H])([2H])c1ccc(-c2cc(C([2H])(C)C)c(C([2H])(C)C)c[n+]2C)c(C)c1.[2H]C([2H])([2H])c1ccc(-c2cc(C)c(C([2H])(C)C)c[n+]2C)c(C)c1. The van der Waals surface area contributed by atoms with Gasteiger partial charge in [0.25, 0.3) is 0 Å². The number of aryl methyl sites for hydroxylation is 16. The zero-order chi connectivity index (χ0) is 83.4. The summed E-state index contributed by atoms with van der Waals surface area (Å²) >= 11 is 0. The topological polar surface area (TPSA) is 19.4 Å². The van der Waals surface area contributed by atoms with Crippen LogP contribution in [0.25, 0.3) is 56.3 Å². The monoisotopic (exact) mass is 1330 g/mol. The molecule has 0 radical (unpaired) electrons. The average Bonchev–Trinajstić information content (AvgIpc) is 0.764. The van der Waals surface area contributed by atoms with Crippen LogP contribution in [-0.4, -0.2) is 0 Å². The molecule has 0 unspecified atom stereocenters. The quantitative estimate of drug-likeness (QED) is 0.103. The van der Waals surface area contributed by atoms with Gasteiger partial charge in [-0.25, -0.2) is 22.8 Å². The zero-order valence-electron chi connectivity index (χ0n) is 77.1. The third-order valence-electron chi connectivity index (χ3n) is 18.7. The molecule has 5 heterocycles. The van der Waals surface area contributed by atoms with Crippen molar-refractivity contribution in [2.45, 2.75) is 221 Å². The van der Waals surface area contributed by atoms with Gasteiger partial charge in [-0.05, 0) is 203 Å². The van der Waals surface area contributed by atoms with Crippen molar-refractivity contribution in [2.24, 2.45) is 35.2 Å². The molecule has 0 spiro atoms. The standard InChI is InChI=1S/C20H28N.C19H26N.3C18H24N/c1-13(2)18-11-20(21(7)12-19(18)14(3)4)17-9-8-15(5)10-16(17)6;1-13(2)17-11-19(16-10-8-7-9-15(16)5)20(6)12-18(17)14(3)4;2*1-12(2)17-11-19(6)18(10-15(17)5)16-8-7-13(3)9-14(16)4;1-6-15-12-19(5)18(11-17(15)13(2)3)16-10-8-7-9-14(16)4/h8-14H,1-7H3;7-14H,1-6H3;2*7-12H,1-6H3;7-13H,6H2,1-5H3/q5*+1/i5D3,13D,14D;;3D3,12D;;6D2,13D. The van der Waals surface area contributed by atoms with Crippen LogP contribution >= 0.6 is 0 Å². The Morgan fingerprint density at radius 2 is 0.602 bits per heavy atom. The minimum atomic E-state index is -2.13. The van der Waals surface area contributed by atoms with Gasteiger partial charge in [0.05, 0.1) is 0 Å². The highest BCUT2D eigenvalue weighted by atomic mass is 14.9. The summed E-state index contributed by atoms with van der Waals surface area (Å²) in [6, 6.07) is 44.6. The Morgan fingerprint density at radius 3 is 0.969 bits per heavy atom. The number of rotatable bonds is 13. The summed E-state index contributed by atoms with van der Waals surface area (Å²) in [5.41, 5.74) is 29.6. The normalized spacial score (nSPS) is 13.9. The summed E-state index contributed by atoms with van der Waals surface area (Å²) in [7, 11) is 10.1.